The largest absolute Gasteiger partial charge is 0.481 e. The van der Waals surface area contributed by atoms with Crippen LogP contribution >= 0.6 is 0 Å². The number of ether oxygens (including phenoxy) is 1. The third-order valence-corrected chi connectivity index (χ3v) is 6.59. The number of rotatable bonds is 5. The number of benzene rings is 2. The molecular formula is C20H23OS+. The van der Waals surface area contributed by atoms with Crippen LogP contribution in [0, 0.1) is 6.92 Å². The monoisotopic (exact) mass is 311 g/mol. The van der Waals surface area contributed by atoms with Crippen LogP contribution in [0.1, 0.15) is 30.1 Å². The molecule has 1 aliphatic heterocycles. The molecular weight excluding hydrogens is 288 g/mol. The van der Waals surface area contributed by atoms with Crippen LogP contribution in [-0.4, -0.2) is 11.5 Å². The van der Waals surface area contributed by atoms with E-state index >= 15 is 0 Å². The van der Waals surface area contributed by atoms with Gasteiger partial charge in [-0.15, -0.1) is 0 Å². The Balaban J connectivity index is 1.78. The van der Waals surface area contributed by atoms with E-state index in [0.717, 1.165) is 11.3 Å². The Morgan fingerprint density at radius 2 is 1.82 bits per heavy atom. The highest BCUT2D eigenvalue weighted by atomic mass is 32.2. The lowest BCUT2D eigenvalue weighted by Crippen LogP contribution is -2.07. The van der Waals surface area contributed by atoms with Gasteiger partial charge in [0.2, 0.25) is 0 Å². The molecule has 114 valence electrons. The maximum atomic E-state index is 6.18. The second kappa shape index (κ2) is 7.06. The normalized spacial score (nSPS) is 16.4. The molecule has 1 saturated heterocycles. The summed E-state index contributed by atoms with van der Waals surface area (Å²) in [6, 6.07) is 16.9. The van der Waals surface area contributed by atoms with Crippen LogP contribution in [0.25, 0.3) is 0 Å². The molecule has 1 heterocycles. The van der Waals surface area contributed by atoms with Crippen molar-refractivity contribution in [1.29, 1.82) is 0 Å². The number of aryl methyl sites for hydroxylation is 1. The van der Waals surface area contributed by atoms with Crippen molar-refractivity contribution in [2.75, 3.05) is 11.5 Å². The first-order valence-electron chi connectivity index (χ1n) is 7.90. The average Bonchev–Trinajstić information content (AvgIpc) is 3.09. The van der Waals surface area contributed by atoms with E-state index in [-0.39, 0.29) is 6.10 Å². The summed E-state index contributed by atoms with van der Waals surface area (Å²) in [5.74, 6) is 3.68. The Morgan fingerprint density at radius 1 is 1.09 bits per heavy atom. The Morgan fingerprint density at radius 3 is 2.45 bits per heavy atom. The minimum absolute atomic E-state index is 0.0975. The molecule has 22 heavy (non-hydrogen) atoms. The Hall–Kier alpha value is -1.67. The van der Waals surface area contributed by atoms with Gasteiger partial charge in [0.05, 0.1) is 0 Å². The van der Waals surface area contributed by atoms with Crippen LogP contribution in [0.3, 0.4) is 0 Å². The SMILES string of the molecule is C=CC(Oc1ccc([S+]2CCCC2)cc1C)c1ccccc1. The van der Waals surface area contributed by atoms with Gasteiger partial charge in [-0.25, -0.2) is 0 Å². The summed E-state index contributed by atoms with van der Waals surface area (Å²) in [4.78, 5) is 1.50. The van der Waals surface area contributed by atoms with E-state index in [1.165, 1.54) is 34.8 Å². The van der Waals surface area contributed by atoms with E-state index in [0.29, 0.717) is 10.9 Å². The summed E-state index contributed by atoms with van der Waals surface area (Å²) in [7, 11) is 0.465. The van der Waals surface area contributed by atoms with Gasteiger partial charge < -0.3 is 4.74 Å². The van der Waals surface area contributed by atoms with Crippen LogP contribution in [0.4, 0.5) is 0 Å². The molecule has 0 N–H and O–H groups in total. The molecule has 2 aromatic carbocycles. The summed E-state index contributed by atoms with van der Waals surface area (Å²) in [6.45, 7) is 6.06. The van der Waals surface area contributed by atoms with Crippen LogP contribution in [0.2, 0.25) is 0 Å². The Kier molecular flexibility index (Phi) is 4.89. The second-order valence-corrected chi connectivity index (χ2v) is 7.99. The average molecular weight is 311 g/mol. The zero-order chi connectivity index (χ0) is 15.4. The lowest BCUT2D eigenvalue weighted by Gasteiger charge is -2.17. The van der Waals surface area contributed by atoms with E-state index in [1.54, 1.807) is 0 Å². The van der Waals surface area contributed by atoms with Gasteiger partial charge in [-0.3, -0.25) is 0 Å². The van der Waals surface area contributed by atoms with Crippen molar-refractivity contribution >= 4 is 10.9 Å². The zero-order valence-corrected chi connectivity index (χ0v) is 13.9. The summed E-state index contributed by atoms with van der Waals surface area (Å²) >= 11 is 0. The van der Waals surface area contributed by atoms with Crippen molar-refractivity contribution in [3.05, 3.63) is 72.3 Å². The van der Waals surface area contributed by atoms with Gasteiger partial charge in [0.25, 0.3) is 0 Å². The van der Waals surface area contributed by atoms with Crippen molar-refractivity contribution < 1.29 is 4.74 Å². The second-order valence-electron chi connectivity index (χ2n) is 5.72. The first-order valence-corrected chi connectivity index (χ1v) is 9.46. The topological polar surface area (TPSA) is 9.23 Å². The maximum absolute atomic E-state index is 6.18. The van der Waals surface area contributed by atoms with E-state index in [1.807, 2.05) is 24.3 Å². The van der Waals surface area contributed by atoms with Crippen molar-refractivity contribution in [3.63, 3.8) is 0 Å². The quantitative estimate of drug-likeness (QED) is 0.553. The van der Waals surface area contributed by atoms with Gasteiger partial charge >= 0.3 is 0 Å². The molecule has 1 nitrogen and oxygen atoms in total. The highest BCUT2D eigenvalue weighted by molar-refractivity contribution is 7.97. The minimum atomic E-state index is -0.0975. The van der Waals surface area contributed by atoms with Crippen LogP contribution in [0.15, 0.2) is 66.1 Å². The molecule has 1 unspecified atom stereocenters. The molecule has 0 radical (unpaired) electrons. The van der Waals surface area contributed by atoms with Gasteiger partial charge in [-0.1, -0.05) is 36.9 Å². The third kappa shape index (κ3) is 3.38. The Labute approximate surface area is 136 Å². The molecule has 2 heteroatoms. The predicted octanol–water partition coefficient (Wildman–Crippen LogP) is 5.07. The van der Waals surface area contributed by atoms with E-state index < -0.39 is 0 Å². The minimum Gasteiger partial charge on any atom is -0.481 e. The van der Waals surface area contributed by atoms with Gasteiger partial charge in [0.1, 0.15) is 23.4 Å². The molecule has 2 aromatic rings. The van der Waals surface area contributed by atoms with E-state index in [2.05, 4.69) is 43.8 Å². The van der Waals surface area contributed by atoms with Crippen molar-refractivity contribution in [2.24, 2.45) is 0 Å². The molecule has 0 saturated carbocycles. The smallest absolute Gasteiger partial charge is 0.155 e. The Bertz CT molecular complexity index is 629. The van der Waals surface area contributed by atoms with Crippen LogP contribution < -0.4 is 4.74 Å². The van der Waals surface area contributed by atoms with Gasteiger partial charge in [0.15, 0.2) is 4.90 Å². The van der Waals surface area contributed by atoms with Crippen molar-refractivity contribution in [3.8, 4) is 5.75 Å². The fraction of sp³-hybridized carbons (Fsp3) is 0.300. The molecule has 1 fully saturated rings. The number of hydrogen-bond acceptors (Lipinski definition) is 1. The van der Waals surface area contributed by atoms with Gasteiger partial charge in [-0.2, -0.15) is 0 Å². The van der Waals surface area contributed by atoms with Gasteiger partial charge in [-0.05, 0) is 55.2 Å². The fourth-order valence-electron chi connectivity index (χ4n) is 2.86. The summed E-state index contributed by atoms with van der Waals surface area (Å²) < 4.78 is 6.18. The number of hydrogen-bond donors (Lipinski definition) is 0. The first kappa shape index (κ1) is 15.2. The maximum Gasteiger partial charge on any atom is 0.155 e. The molecule has 0 amide bonds. The molecule has 0 bridgehead atoms. The zero-order valence-electron chi connectivity index (χ0n) is 13.1. The molecule has 0 aliphatic carbocycles. The highest BCUT2D eigenvalue weighted by Gasteiger charge is 2.27. The van der Waals surface area contributed by atoms with Gasteiger partial charge in [0, 0.05) is 10.9 Å². The molecule has 3 rings (SSSR count). The van der Waals surface area contributed by atoms with Crippen LogP contribution in [0.5, 0.6) is 5.75 Å². The van der Waals surface area contributed by atoms with E-state index in [4.69, 9.17) is 4.74 Å². The van der Waals surface area contributed by atoms with Crippen LogP contribution in [-0.2, 0) is 10.9 Å². The first-order chi connectivity index (χ1) is 10.8. The summed E-state index contributed by atoms with van der Waals surface area (Å²) in [5.41, 5.74) is 2.36. The standard InChI is InChI=1S/C20H23OS/c1-3-19(17-9-5-4-6-10-17)21-20-12-11-18(15-16(20)2)22-13-7-8-14-22/h3-6,9-12,15,19H,1,7-8,13-14H2,2H3/q+1. The van der Waals surface area contributed by atoms with Crippen molar-refractivity contribution in [2.45, 2.75) is 30.8 Å². The molecule has 0 aromatic heterocycles. The fourth-order valence-corrected chi connectivity index (χ4v) is 5.24. The highest BCUT2D eigenvalue weighted by Crippen LogP contribution is 2.30. The van der Waals surface area contributed by atoms with Crippen molar-refractivity contribution in [1.82, 2.24) is 0 Å². The lowest BCUT2D eigenvalue weighted by atomic mass is 10.1. The summed E-state index contributed by atoms with van der Waals surface area (Å²) in [6.07, 6.45) is 4.53. The predicted molar refractivity (Wildman–Crippen MR) is 95.8 cm³/mol. The van der Waals surface area contributed by atoms with E-state index in [9.17, 15) is 0 Å². The molecule has 1 aliphatic rings. The summed E-state index contributed by atoms with van der Waals surface area (Å²) in [5, 5.41) is 0. The molecule has 0 spiro atoms. The molecule has 1 atom stereocenters. The third-order valence-electron chi connectivity index (χ3n) is 4.11. The lowest BCUT2D eigenvalue weighted by molar-refractivity contribution is 0.254.